The minimum Gasteiger partial charge on any atom is -0.507 e. The van der Waals surface area contributed by atoms with Crippen molar-refractivity contribution in [2.45, 2.75) is 20.8 Å². The average molecular weight is 218 g/mol. The molecule has 0 spiro atoms. The highest BCUT2D eigenvalue weighted by Crippen LogP contribution is 2.27. The zero-order valence-corrected chi connectivity index (χ0v) is 10.2. The van der Waals surface area contributed by atoms with Gasteiger partial charge in [-0.1, -0.05) is 6.08 Å². The molecule has 86 valence electrons. The Labute approximate surface area is 96.9 Å². The lowest BCUT2D eigenvalue weighted by molar-refractivity contribution is 0.338. The number of phenols is 1. The van der Waals surface area contributed by atoms with Gasteiger partial charge in [0.15, 0.2) is 0 Å². The Hall–Kier alpha value is -1.70. The normalized spacial score (nSPS) is 12.1. The Balaban J connectivity index is 3.17. The number of methoxy groups -OCH3 is 1. The molecule has 1 aromatic rings. The Morgan fingerprint density at radius 3 is 2.25 bits per heavy atom. The molecule has 1 N–H and O–H groups in total. The Bertz CT molecular complexity index is 405. The van der Waals surface area contributed by atoms with Crippen molar-refractivity contribution in [3.63, 3.8) is 0 Å². The van der Waals surface area contributed by atoms with E-state index in [0.717, 1.165) is 22.3 Å². The van der Waals surface area contributed by atoms with Gasteiger partial charge in [-0.3, -0.25) is 0 Å². The number of phenolic OH excluding ortho intramolecular Hbond substituents is 1. The van der Waals surface area contributed by atoms with Crippen molar-refractivity contribution in [2.24, 2.45) is 0 Å². The molecule has 0 amide bonds. The third kappa shape index (κ3) is 2.66. The highest BCUT2D eigenvalue weighted by atomic mass is 16.5. The maximum absolute atomic E-state index is 9.70. The minimum absolute atomic E-state index is 0.370. The molecule has 1 rings (SSSR count). The molecule has 0 fully saturated rings. The smallest absolute Gasteiger partial charge is 0.121 e. The Kier molecular flexibility index (Phi) is 4.18. The second kappa shape index (κ2) is 5.40. The SMILES string of the molecule is C/C=C(\C=C/OC)c1cc(C)c(O)c(C)c1. The first-order valence-electron chi connectivity index (χ1n) is 5.26. The van der Waals surface area contributed by atoms with E-state index in [1.165, 1.54) is 0 Å². The number of rotatable bonds is 3. The number of ether oxygens (including phenoxy) is 1. The molecular weight excluding hydrogens is 200 g/mol. The molecule has 16 heavy (non-hydrogen) atoms. The summed E-state index contributed by atoms with van der Waals surface area (Å²) in [7, 11) is 1.62. The van der Waals surface area contributed by atoms with Gasteiger partial charge in [0.1, 0.15) is 5.75 Å². The van der Waals surface area contributed by atoms with Crippen LogP contribution in [0.2, 0.25) is 0 Å². The van der Waals surface area contributed by atoms with Crippen LogP contribution in [-0.4, -0.2) is 12.2 Å². The van der Waals surface area contributed by atoms with Crippen molar-refractivity contribution in [1.29, 1.82) is 0 Å². The summed E-state index contributed by atoms with van der Waals surface area (Å²) in [5, 5.41) is 9.70. The maximum atomic E-state index is 9.70. The van der Waals surface area contributed by atoms with Crippen LogP contribution >= 0.6 is 0 Å². The fourth-order valence-electron chi connectivity index (χ4n) is 1.62. The van der Waals surface area contributed by atoms with Crippen LogP contribution in [0.1, 0.15) is 23.6 Å². The van der Waals surface area contributed by atoms with E-state index in [2.05, 4.69) is 0 Å². The Morgan fingerprint density at radius 2 is 1.81 bits per heavy atom. The van der Waals surface area contributed by atoms with Crippen molar-refractivity contribution in [2.75, 3.05) is 7.11 Å². The van der Waals surface area contributed by atoms with Gasteiger partial charge in [-0.2, -0.15) is 0 Å². The molecule has 0 heterocycles. The molecule has 0 saturated carbocycles. The minimum atomic E-state index is 0.370. The largest absolute Gasteiger partial charge is 0.507 e. The average Bonchev–Trinajstić information content (AvgIpc) is 2.26. The van der Waals surface area contributed by atoms with E-state index in [0.29, 0.717) is 5.75 Å². The molecule has 0 aliphatic heterocycles. The van der Waals surface area contributed by atoms with Gasteiger partial charge in [-0.25, -0.2) is 0 Å². The van der Waals surface area contributed by atoms with E-state index in [4.69, 9.17) is 4.74 Å². The first-order chi connectivity index (χ1) is 7.60. The standard InChI is InChI=1S/C14H18O2/c1-5-12(6-7-16-4)13-8-10(2)14(15)11(3)9-13/h5-9,15H,1-4H3/b7-6-,12-5+. The summed E-state index contributed by atoms with van der Waals surface area (Å²) in [6.45, 7) is 5.78. The summed E-state index contributed by atoms with van der Waals surface area (Å²) in [4.78, 5) is 0. The lowest BCUT2D eigenvalue weighted by atomic mass is 9.99. The molecule has 0 aliphatic rings. The van der Waals surface area contributed by atoms with E-state index in [9.17, 15) is 5.11 Å². The van der Waals surface area contributed by atoms with Gasteiger partial charge in [0, 0.05) is 0 Å². The van der Waals surface area contributed by atoms with Crippen molar-refractivity contribution in [3.8, 4) is 5.75 Å². The zero-order valence-electron chi connectivity index (χ0n) is 10.2. The van der Waals surface area contributed by atoms with Gasteiger partial charge in [0.25, 0.3) is 0 Å². The molecule has 0 saturated heterocycles. The van der Waals surface area contributed by atoms with Crippen LogP contribution in [0.4, 0.5) is 0 Å². The van der Waals surface area contributed by atoms with E-state index >= 15 is 0 Å². The lowest BCUT2D eigenvalue weighted by Gasteiger charge is -2.08. The summed E-state index contributed by atoms with van der Waals surface area (Å²) in [5.41, 5.74) is 3.94. The number of hydrogen-bond donors (Lipinski definition) is 1. The number of aromatic hydroxyl groups is 1. The fraction of sp³-hybridized carbons (Fsp3) is 0.286. The van der Waals surface area contributed by atoms with Crippen molar-refractivity contribution in [1.82, 2.24) is 0 Å². The van der Waals surface area contributed by atoms with Gasteiger partial charge in [0.2, 0.25) is 0 Å². The van der Waals surface area contributed by atoms with Crippen LogP contribution in [0.3, 0.4) is 0 Å². The summed E-state index contributed by atoms with van der Waals surface area (Å²) in [5.74, 6) is 0.370. The third-order valence-electron chi connectivity index (χ3n) is 2.52. The summed E-state index contributed by atoms with van der Waals surface area (Å²) < 4.78 is 4.91. The molecular formula is C14H18O2. The van der Waals surface area contributed by atoms with Crippen molar-refractivity contribution < 1.29 is 9.84 Å². The topological polar surface area (TPSA) is 29.5 Å². The second-order valence-electron chi connectivity index (χ2n) is 3.74. The summed E-state index contributed by atoms with van der Waals surface area (Å²) >= 11 is 0. The fourth-order valence-corrected chi connectivity index (χ4v) is 1.62. The van der Waals surface area contributed by atoms with Gasteiger partial charge >= 0.3 is 0 Å². The van der Waals surface area contributed by atoms with Gasteiger partial charge in [-0.05, 0) is 61.2 Å². The first-order valence-corrected chi connectivity index (χ1v) is 5.26. The number of aryl methyl sites for hydroxylation is 2. The van der Waals surface area contributed by atoms with Gasteiger partial charge in [0.05, 0.1) is 13.4 Å². The summed E-state index contributed by atoms with van der Waals surface area (Å²) in [6.07, 6.45) is 5.57. The first kappa shape index (κ1) is 12.4. The van der Waals surface area contributed by atoms with Crippen LogP contribution in [0.15, 0.2) is 30.5 Å². The quantitative estimate of drug-likeness (QED) is 0.620. The number of allylic oxidation sites excluding steroid dienone is 3. The van der Waals surface area contributed by atoms with Crippen LogP contribution in [0, 0.1) is 13.8 Å². The number of hydrogen-bond acceptors (Lipinski definition) is 2. The molecule has 0 atom stereocenters. The van der Waals surface area contributed by atoms with E-state index in [1.54, 1.807) is 13.4 Å². The van der Waals surface area contributed by atoms with Gasteiger partial charge < -0.3 is 9.84 Å². The lowest BCUT2D eigenvalue weighted by Crippen LogP contribution is -1.87. The molecule has 1 aromatic carbocycles. The van der Waals surface area contributed by atoms with E-state index in [1.807, 2.05) is 45.1 Å². The van der Waals surface area contributed by atoms with Crippen LogP contribution in [0.5, 0.6) is 5.75 Å². The van der Waals surface area contributed by atoms with Crippen LogP contribution in [0.25, 0.3) is 5.57 Å². The Morgan fingerprint density at radius 1 is 1.25 bits per heavy atom. The number of benzene rings is 1. The zero-order chi connectivity index (χ0) is 12.1. The van der Waals surface area contributed by atoms with Crippen LogP contribution < -0.4 is 0 Å². The van der Waals surface area contributed by atoms with Crippen molar-refractivity contribution >= 4 is 5.57 Å². The molecule has 0 aliphatic carbocycles. The van der Waals surface area contributed by atoms with Crippen LogP contribution in [-0.2, 0) is 4.74 Å². The summed E-state index contributed by atoms with van der Waals surface area (Å²) in [6, 6.07) is 3.94. The molecule has 0 unspecified atom stereocenters. The molecule has 0 bridgehead atoms. The molecule has 2 nitrogen and oxygen atoms in total. The van der Waals surface area contributed by atoms with Gasteiger partial charge in [-0.15, -0.1) is 0 Å². The predicted octanol–water partition coefficient (Wildman–Crippen LogP) is 3.57. The molecule has 0 radical (unpaired) electrons. The molecule has 2 heteroatoms. The second-order valence-corrected chi connectivity index (χ2v) is 3.74. The maximum Gasteiger partial charge on any atom is 0.121 e. The van der Waals surface area contributed by atoms with Crippen molar-refractivity contribution in [3.05, 3.63) is 47.2 Å². The molecule has 0 aromatic heterocycles. The van der Waals surface area contributed by atoms with E-state index in [-0.39, 0.29) is 0 Å². The highest BCUT2D eigenvalue weighted by molar-refractivity contribution is 5.75. The monoisotopic (exact) mass is 218 g/mol. The van der Waals surface area contributed by atoms with E-state index < -0.39 is 0 Å². The third-order valence-corrected chi connectivity index (χ3v) is 2.52. The highest BCUT2D eigenvalue weighted by Gasteiger charge is 2.05. The predicted molar refractivity (Wildman–Crippen MR) is 67.4 cm³/mol.